The van der Waals surface area contributed by atoms with Crippen LogP contribution in [-0.2, 0) is 24.1 Å². The van der Waals surface area contributed by atoms with Crippen molar-refractivity contribution in [3.63, 3.8) is 0 Å². The zero-order valence-corrected chi connectivity index (χ0v) is 18.6. The molecule has 26 heavy (non-hydrogen) atoms. The maximum atomic E-state index is 5.37. The first kappa shape index (κ1) is 22.9. The van der Waals surface area contributed by atoms with Gasteiger partial charge in [0.15, 0.2) is 5.96 Å². The van der Waals surface area contributed by atoms with Crippen LogP contribution in [0.25, 0.3) is 0 Å². The highest BCUT2D eigenvalue weighted by molar-refractivity contribution is 14.0. The second-order valence-corrected chi connectivity index (χ2v) is 6.67. The summed E-state index contributed by atoms with van der Waals surface area (Å²) in [5.41, 5.74) is 0. The Labute approximate surface area is 176 Å². The van der Waals surface area contributed by atoms with Gasteiger partial charge in [-0.15, -0.1) is 35.3 Å². The Balaban J connectivity index is 0.00000338. The van der Waals surface area contributed by atoms with E-state index in [4.69, 9.17) is 9.15 Å². The lowest BCUT2D eigenvalue weighted by atomic mass is 10.3. The molecule has 0 fully saturated rings. The van der Waals surface area contributed by atoms with Gasteiger partial charge in [0.1, 0.15) is 10.8 Å². The van der Waals surface area contributed by atoms with Gasteiger partial charge in [0.2, 0.25) is 0 Å². The summed E-state index contributed by atoms with van der Waals surface area (Å²) in [5.74, 6) is 1.77. The summed E-state index contributed by atoms with van der Waals surface area (Å²) in [6, 6.07) is 3.89. The van der Waals surface area contributed by atoms with Crippen molar-refractivity contribution in [2.75, 3.05) is 26.3 Å². The van der Waals surface area contributed by atoms with E-state index in [1.54, 1.807) is 17.6 Å². The number of aryl methyl sites for hydroxylation is 1. The number of halogens is 1. The molecule has 0 atom stereocenters. The van der Waals surface area contributed by atoms with Crippen LogP contribution in [0.15, 0.2) is 34.0 Å². The quantitative estimate of drug-likeness (QED) is 0.217. The van der Waals surface area contributed by atoms with Gasteiger partial charge in [-0.3, -0.25) is 0 Å². The van der Waals surface area contributed by atoms with E-state index in [0.29, 0.717) is 6.54 Å². The topological polar surface area (TPSA) is 71.7 Å². The van der Waals surface area contributed by atoms with Gasteiger partial charge in [0, 0.05) is 43.8 Å². The molecule has 0 saturated heterocycles. The van der Waals surface area contributed by atoms with Gasteiger partial charge >= 0.3 is 0 Å². The van der Waals surface area contributed by atoms with E-state index in [9.17, 15) is 0 Å². The Bertz CT molecular complexity index is 616. The van der Waals surface area contributed by atoms with Gasteiger partial charge in [-0.1, -0.05) is 6.92 Å². The minimum Gasteiger partial charge on any atom is -0.469 e. The molecule has 2 aromatic heterocycles. The third-order valence-electron chi connectivity index (χ3n) is 3.53. The van der Waals surface area contributed by atoms with Crippen LogP contribution in [0.5, 0.6) is 0 Å². The van der Waals surface area contributed by atoms with Crippen LogP contribution in [0.1, 0.15) is 35.9 Å². The molecular formula is C18H29IN4O2S. The summed E-state index contributed by atoms with van der Waals surface area (Å²) in [7, 11) is 0. The molecule has 0 unspecified atom stereocenters. The standard InChI is InChI=1S/C18H28N4O2S.HI/c1-3-16-13-21-17(25-16)14-22-18(19-9-6-11-23-4-2)20-10-8-15-7-5-12-24-15;/h5,7,12-13H,3-4,6,8-11,14H2,1-2H3,(H2,19,20,22);1H. The zero-order valence-electron chi connectivity index (χ0n) is 15.5. The first-order chi connectivity index (χ1) is 12.3. The van der Waals surface area contributed by atoms with Gasteiger partial charge in [0.25, 0.3) is 0 Å². The van der Waals surface area contributed by atoms with E-state index in [1.165, 1.54) is 4.88 Å². The number of aromatic nitrogens is 1. The minimum absolute atomic E-state index is 0. The molecule has 0 bridgehead atoms. The number of aliphatic imine (C=N–C) groups is 1. The Hall–Kier alpha value is -1.13. The van der Waals surface area contributed by atoms with Crippen molar-refractivity contribution in [2.45, 2.75) is 39.7 Å². The predicted octanol–water partition coefficient (Wildman–Crippen LogP) is 3.62. The number of ether oxygens (including phenoxy) is 1. The van der Waals surface area contributed by atoms with E-state index < -0.39 is 0 Å². The second-order valence-electron chi connectivity index (χ2n) is 5.47. The molecule has 2 heterocycles. The monoisotopic (exact) mass is 492 g/mol. The van der Waals surface area contributed by atoms with Crippen molar-refractivity contribution in [2.24, 2.45) is 4.99 Å². The summed E-state index contributed by atoms with van der Waals surface area (Å²) in [4.78, 5) is 10.4. The van der Waals surface area contributed by atoms with Crippen LogP contribution in [0.4, 0.5) is 0 Å². The van der Waals surface area contributed by atoms with E-state index in [1.807, 2.05) is 25.3 Å². The Morgan fingerprint density at radius 1 is 1.31 bits per heavy atom. The second kappa shape index (κ2) is 14.0. The molecule has 2 N–H and O–H groups in total. The zero-order chi connectivity index (χ0) is 17.7. The fraction of sp³-hybridized carbons (Fsp3) is 0.556. The first-order valence-electron chi connectivity index (χ1n) is 8.87. The molecule has 0 radical (unpaired) electrons. The van der Waals surface area contributed by atoms with Crippen molar-refractivity contribution in [3.05, 3.63) is 40.2 Å². The maximum absolute atomic E-state index is 5.37. The molecule has 0 aliphatic heterocycles. The Kier molecular flexibility index (Phi) is 12.3. The molecule has 0 aromatic carbocycles. The van der Waals surface area contributed by atoms with E-state index in [0.717, 1.165) is 62.3 Å². The SMILES string of the molecule is CCOCCCNC(=NCc1ncc(CC)s1)NCCc1ccco1.I. The molecule has 2 aromatic rings. The fourth-order valence-corrected chi connectivity index (χ4v) is 2.98. The molecule has 0 aliphatic carbocycles. The van der Waals surface area contributed by atoms with Crippen LogP contribution in [0.3, 0.4) is 0 Å². The summed E-state index contributed by atoms with van der Waals surface area (Å²) < 4.78 is 10.7. The molecule has 0 aliphatic rings. The van der Waals surface area contributed by atoms with Crippen LogP contribution in [-0.4, -0.2) is 37.2 Å². The van der Waals surface area contributed by atoms with Crippen molar-refractivity contribution < 1.29 is 9.15 Å². The van der Waals surface area contributed by atoms with E-state index in [-0.39, 0.29) is 24.0 Å². The van der Waals surface area contributed by atoms with Crippen LogP contribution in [0, 0.1) is 0 Å². The lowest BCUT2D eigenvalue weighted by Crippen LogP contribution is -2.39. The molecule has 6 nitrogen and oxygen atoms in total. The highest BCUT2D eigenvalue weighted by Gasteiger charge is 2.03. The number of thiazole rings is 1. The third-order valence-corrected chi connectivity index (χ3v) is 4.65. The largest absolute Gasteiger partial charge is 0.469 e. The highest BCUT2D eigenvalue weighted by Crippen LogP contribution is 2.13. The lowest BCUT2D eigenvalue weighted by Gasteiger charge is -2.12. The number of rotatable bonds is 11. The summed E-state index contributed by atoms with van der Waals surface area (Å²) >= 11 is 1.72. The third kappa shape index (κ3) is 9.00. The van der Waals surface area contributed by atoms with E-state index in [2.05, 4.69) is 27.5 Å². The average molecular weight is 492 g/mol. The van der Waals surface area contributed by atoms with Crippen LogP contribution >= 0.6 is 35.3 Å². The molecule has 2 rings (SSSR count). The number of guanidine groups is 1. The summed E-state index contributed by atoms with van der Waals surface area (Å²) in [6.45, 7) is 7.85. The van der Waals surface area contributed by atoms with Gasteiger partial charge in [0.05, 0.1) is 12.8 Å². The average Bonchev–Trinajstić information content (AvgIpc) is 3.30. The molecule has 8 heteroatoms. The fourth-order valence-electron chi connectivity index (χ4n) is 2.19. The van der Waals surface area contributed by atoms with Gasteiger partial charge in [-0.05, 0) is 31.9 Å². The maximum Gasteiger partial charge on any atom is 0.191 e. The van der Waals surface area contributed by atoms with Crippen molar-refractivity contribution in [1.82, 2.24) is 15.6 Å². The molecule has 0 spiro atoms. The van der Waals surface area contributed by atoms with Crippen molar-refractivity contribution >= 4 is 41.3 Å². The minimum atomic E-state index is 0. The number of nitrogens with one attached hydrogen (secondary N) is 2. The first-order valence-corrected chi connectivity index (χ1v) is 9.69. The lowest BCUT2D eigenvalue weighted by molar-refractivity contribution is 0.145. The smallest absolute Gasteiger partial charge is 0.191 e. The summed E-state index contributed by atoms with van der Waals surface area (Å²) in [5, 5.41) is 7.75. The Morgan fingerprint density at radius 2 is 2.15 bits per heavy atom. The number of furan rings is 1. The number of nitrogens with zero attached hydrogens (tertiary/aromatic N) is 2. The Morgan fingerprint density at radius 3 is 2.85 bits per heavy atom. The van der Waals surface area contributed by atoms with Gasteiger partial charge < -0.3 is 19.8 Å². The van der Waals surface area contributed by atoms with Crippen LogP contribution in [0.2, 0.25) is 0 Å². The van der Waals surface area contributed by atoms with Gasteiger partial charge in [-0.2, -0.15) is 0 Å². The van der Waals surface area contributed by atoms with Crippen molar-refractivity contribution in [1.29, 1.82) is 0 Å². The summed E-state index contributed by atoms with van der Waals surface area (Å²) in [6.07, 6.45) is 6.43. The molecule has 0 amide bonds. The molecular weight excluding hydrogens is 463 g/mol. The molecule has 146 valence electrons. The molecule has 0 saturated carbocycles. The number of hydrogen-bond acceptors (Lipinski definition) is 5. The van der Waals surface area contributed by atoms with Gasteiger partial charge in [-0.25, -0.2) is 9.98 Å². The normalized spacial score (nSPS) is 11.2. The van der Waals surface area contributed by atoms with Crippen LogP contribution < -0.4 is 10.6 Å². The predicted molar refractivity (Wildman–Crippen MR) is 118 cm³/mol. The van der Waals surface area contributed by atoms with Crippen molar-refractivity contribution in [3.8, 4) is 0 Å². The highest BCUT2D eigenvalue weighted by atomic mass is 127. The number of hydrogen-bond donors (Lipinski definition) is 2. The van der Waals surface area contributed by atoms with E-state index >= 15 is 0 Å².